The van der Waals surface area contributed by atoms with Crippen molar-refractivity contribution < 1.29 is 22.1 Å². The minimum Gasteiger partial charge on any atom is -0.465 e. The molecule has 0 saturated heterocycles. The molecule has 1 rings (SSSR count). The fraction of sp³-hybridized carbons (Fsp3) is 0.417. The van der Waals surface area contributed by atoms with Gasteiger partial charge in [0.05, 0.1) is 25.5 Å². The average molecular weight is 272 g/mol. The smallest absolute Gasteiger partial charge is 0.337 e. The van der Waals surface area contributed by atoms with Crippen LogP contribution in [-0.4, -0.2) is 34.4 Å². The van der Waals surface area contributed by atoms with Gasteiger partial charge in [-0.1, -0.05) is 12.1 Å². The van der Waals surface area contributed by atoms with Gasteiger partial charge in [0, 0.05) is 0 Å². The number of esters is 1. The van der Waals surface area contributed by atoms with Gasteiger partial charge in [-0.3, -0.25) is 4.18 Å². The van der Waals surface area contributed by atoms with Crippen molar-refractivity contribution >= 4 is 16.1 Å². The van der Waals surface area contributed by atoms with E-state index in [1.165, 1.54) is 7.11 Å². The molecule has 100 valence electrons. The Hall–Kier alpha value is -1.40. The van der Waals surface area contributed by atoms with Crippen LogP contribution in [0, 0.1) is 0 Å². The lowest BCUT2D eigenvalue weighted by Crippen LogP contribution is -2.05. The summed E-state index contributed by atoms with van der Waals surface area (Å²) in [6, 6.07) is 6.98. The fourth-order valence-electron chi connectivity index (χ4n) is 1.41. The predicted molar refractivity (Wildman–Crippen MR) is 66.9 cm³/mol. The van der Waals surface area contributed by atoms with E-state index in [4.69, 9.17) is 0 Å². The van der Waals surface area contributed by atoms with Crippen molar-refractivity contribution in [2.45, 2.75) is 12.8 Å². The number of methoxy groups -OCH3 is 1. The maximum atomic E-state index is 11.2. The van der Waals surface area contributed by atoms with Crippen molar-refractivity contribution in [3.63, 3.8) is 0 Å². The molecular formula is C12H16O5S. The van der Waals surface area contributed by atoms with E-state index in [1.807, 2.05) is 12.1 Å². The first-order valence-electron chi connectivity index (χ1n) is 5.44. The molecule has 1 aromatic rings. The van der Waals surface area contributed by atoms with Crippen LogP contribution >= 0.6 is 0 Å². The number of hydrogen-bond acceptors (Lipinski definition) is 5. The van der Waals surface area contributed by atoms with Crippen molar-refractivity contribution in [2.75, 3.05) is 20.0 Å². The summed E-state index contributed by atoms with van der Waals surface area (Å²) in [6.45, 7) is 0.164. The molecule has 0 bridgehead atoms. The van der Waals surface area contributed by atoms with E-state index in [0.717, 1.165) is 11.8 Å². The van der Waals surface area contributed by atoms with Crippen LogP contribution in [0.1, 0.15) is 22.3 Å². The SMILES string of the molecule is COC(=O)c1ccc(CCCOS(C)(=O)=O)cc1. The molecule has 0 aliphatic carbocycles. The highest BCUT2D eigenvalue weighted by atomic mass is 32.2. The molecule has 0 N–H and O–H groups in total. The highest BCUT2D eigenvalue weighted by Crippen LogP contribution is 2.08. The largest absolute Gasteiger partial charge is 0.465 e. The van der Waals surface area contributed by atoms with Crippen LogP contribution in [0.4, 0.5) is 0 Å². The quantitative estimate of drug-likeness (QED) is 0.444. The lowest BCUT2D eigenvalue weighted by molar-refractivity contribution is 0.0600. The maximum absolute atomic E-state index is 11.2. The van der Waals surface area contributed by atoms with E-state index < -0.39 is 10.1 Å². The first-order chi connectivity index (χ1) is 8.42. The normalized spacial score (nSPS) is 11.2. The standard InChI is InChI=1S/C12H16O5S/c1-16-12(13)11-7-5-10(6-8-11)4-3-9-17-18(2,14)15/h5-8H,3-4,9H2,1-2H3. The molecule has 0 fully saturated rings. The average Bonchev–Trinajstić information content (AvgIpc) is 2.33. The highest BCUT2D eigenvalue weighted by molar-refractivity contribution is 7.85. The first kappa shape index (κ1) is 14.7. The van der Waals surface area contributed by atoms with Crippen molar-refractivity contribution in [3.05, 3.63) is 35.4 Å². The van der Waals surface area contributed by atoms with Gasteiger partial charge >= 0.3 is 5.97 Å². The van der Waals surface area contributed by atoms with Crippen molar-refractivity contribution in [1.29, 1.82) is 0 Å². The van der Waals surface area contributed by atoms with Gasteiger partial charge in [-0.2, -0.15) is 8.42 Å². The van der Waals surface area contributed by atoms with E-state index in [2.05, 4.69) is 8.92 Å². The van der Waals surface area contributed by atoms with E-state index in [-0.39, 0.29) is 12.6 Å². The molecule has 1 aromatic carbocycles. The zero-order valence-corrected chi connectivity index (χ0v) is 11.2. The van der Waals surface area contributed by atoms with Gasteiger partial charge in [0.15, 0.2) is 0 Å². The van der Waals surface area contributed by atoms with Crippen LogP contribution in [0.3, 0.4) is 0 Å². The zero-order chi connectivity index (χ0) is 13.6. The molecule has 0 aromatic heterocycles. The van der Waals surface area contributed by atoms with Crippen LogP contribution in [0.25, 0.3) is 0 Å². The van der Waals surface area contributed by atoms with Gasteiger partial charge in [-0.25, -0.2) is 4.79 Å². The predicted octanol–water partition coefficient (Wildman–Crippen LogP) is 1.38. The van der Waals surface area contributed by atoms with E-state index in [1.54, 1.807) is 12.1 Å². The van der Waals surface area contributed by atoms with Crippen molar-refractivity contribution in [2.24, 2.45) is 0 Å². The summed E-state index contributed by atoms with van der Waals surface area (Å²) in [7, 11) is -2.03. The molecule has 5 nitrogen and oxygen atoms in total. The van der Waals surface area contributed by atoms with Crippen molar-refractivity contribution in [3.8, 4) is 0 Å². The number of carbonyl (C=O) groups is 1. The van der Waals surface area contributed by atoms with Crippen LogP contribution in [0.5, 0.6) is 0 Å². The van der Waals surface area contributed by atoms with Crippen LogP contribution in [-0.2, 0) is 25.5 Å². The second-order valence-corrected chi connectivity index (χ2v) is 5.46. The van der Waals surface area contributed by atoms with E-state index in [0.29, 0.717) is 18.4 Å². The van der Waals surface area contributed by atoms with Gasteiger partial charge in [-0.05, 0) is 30.5 Å². The van der Waals surface area contributed by atoms with Crippen LogP contribution in [0.15, 0.2) is 24.3 Å². The Balaban J connectivity index is 2.42. The third-order valence-corrected chi connectivity index (χ3v) is 2.88. The number of rotatable bonds is 6. The molecule has 0 aliphatic heterocycles. The Morgan fingerprint density at radius 2 is 1.83 bits per heavy atom. The molecule has 0 spiro atoms. The summed E-state index contributed by atoms with van der Waals surface area (Å²) in [5.41, 5.74) is 1.51. The number of benzene rings is 1. The Morgan fingerprint density at radius 3 is 2.33 bits per heavy atom. The topological polar surface area (TPSA) is 69.7 Å². The third kappa shape index (κ3) is 5.29. The number of hydrogen-bond donors (Lipinski definition) is 0. The Labute approximate surface area is 107 Å². The van der Waals surface area contributed by atoms with Gasteiger partial charge in [0.25, 0.3) is 10.1 Å². The number of carbonyl (C=O) groups excluding carboxylic acids is 1. The lowest BCUT2D eigenvalue weighted by Gasteiger charge is -2.03. The highest BCUT2D eigenvalue weighted by Gasteiger charge is 2.05. The van der Waals surface area contributed by atoms with Gasteiger partial charge in [-0.15, -0.1) is 0 Å². The van der Waals surface area contributed by atoms with Gasteiger partial charge < -0.3 is 4.74 Å². The second kappa shape index (κ2) is 6.51. The number of ether oxygens (including phenoxy) is 1. The summed E-state index contributed by atoms with van der Waals surface area (Å²) in [6.07, 6.45) is 2.32. The van der Waals surface area contributed by atoms with E-state index >= 15 is 0 Å². The minimum absolute atomic E-state index is 0.164. The monoisotopic (exact) mass is 272 g/mol. The van der Waals surface area contributed by atoms with E-state index in [9.17, 15) is 13.2 Å². The molecule has 0 saturated carbocycles. The summed E-state index contributed by atoms with van der Waals surface area (Å²) >= 11 is 0. The molecule has 6 heteroatoms. The molecule has 0 aliphatic rings. The maximum Gasteiger partial charge on any atom is 0.337 e. The summed E-state index contributed by atoms with van der Waals surface area (Å²) in [5.74, 6) is -0.373. The Kier molecular flexibility index (Phi) is 5.30. The van der Waals surface area contributed by atoms with Gasteiger partial charge in [0.2, 0.25) is 0 Å². The Bertz CT molecular complexity index is 490. The summed E-state index contributed by atoms with van der Waals surface area (Å²) in [4.78, 5) is 11.2. The first-order valence-corrected chi connectivity index (χ1v) is 7.25. The molecular weight excluding hydrogens is 256 g/mol. The zero-order valence-electron chi connectivity index (χ0n) is 10.4. The van der Waals surface area contributed by atoms with Crippen LogP contribution < -0.4 is 0 Å². The molecule has 0 heterocycles. The molecule has 0 amide bonds. The minimum atomic E-state index is -3.36. The summed E-state index contributed by atoms with van der Waals surface area (Å²) < 4.78 is 30.7. The van der Waals surface area contributed by atoms with Crippen molar-refractivity contribution in [1.82, 2.24) is 0 Å². The third-order valence-electron chi connectivity index (χ3n) is 2.28. The molecule has 0 radical (unpaired) electrons. The van der Waals surface area contributed by atoms with Crippen LogP contribution in [0.2, 0.25) is 0 Å². The fourth-order valence-corrected chi connectivity index (χ4v) is 1.83. The molecule has 0 unspecified atom stereocenters. The lowest BCUT2D eigenvalue weighted by atomic mass is 10.1. The molecule has 0 atom stereocenters. The van der Waals surface area contributed by atoms with Gasteiger partial charge in [0.1, 0.15) is 0 Å². The molecule has 18 heavy (non-hydrogen) atoms. The number of aryl methyl sites for hydroxylation is 1. The second-order valence-electron chi connectivity index (χ2n) is 3.82. The Morgan fingerprint density at radius 1 is 1.22 bits per heavy atom. The summed E-state index contributed by atoms with van der Waals surface area (Å²) in [5, 5.41) is 0.